The van der Waals surface area contributed by atoms with Gasteiger partial charge in [0.05, 0.1) is 41.6 Å². The molecular weight excluding hydrogens is 984 g/mol. The van der Waals surface area contributed by atoms with E-state index in [2.05, 4.69) is 16.0 Å². The van der Waals surface area contributed by atoms with Crippen LogP contribution in [0.2, 0.25) is 0 Å². The molecule has 5 heterocycles. The van der Waals surface area contributed by atoms with Gasteiger partial charge in [-0.3, -0.25) is 48.1 Å². The van der Waals surface area contributed by atoms with Crippen LogP contribution in [0.4, 0.5) is 4.39 Å². The molecule has 1 aliphatic carbocycles. The Morgan fingerprint density at radius 1 is 0.908 bits per heavy atom. The number of aliphatic hydroxyl groups is 1. The highest BCUT2D eigenvalue weighted by molar-refractivity contribution is 6.03. The summed E-state index contributed by atoms with van der Waals surface area (Å²) in [4.78, 5) is 135. The smallest absolute Gasteiger partial charge is 0.343 e. The number of hydrogen-bond donors (Lipinski definition) is 4. The number of aryl methyl sites for hydroxylation is 1. The van der Waals surface area contributed by atoms with Crippen LogP contribution in [-0.2, 0) is 84.2 Å². The molecule has 3 aliphatic heterocycles. The largest absolute Gasteiger partial charge is 0.458 e. The Morgan fingerprint density at radius 2 is 1.66 bits per heavy atom. The third kappa shape index (κ3) is 11.9. The number of benzene rings is 2. The van der Waals surface area contributed by atoms with Crippen LogP contribution in [0.15, 0.2) is 47.3 Å². The third-order valence-electron chi connectivity index (χ3n) is 15.1. The minimum Gasteiger partial charge on any atom is -0.458 e. The molecule has 1 unspecified atom stereocenters. The van der Waals surface area contributed by atoms with Crippen LogP contribution in [0.3, 0.4) is 0 Å². The number of nitrogens with zero attached hydrogens (tertiary/aromatic N) is 3. The van der Waals surface area contributed by atoms with Gasteiger partial charge in [0.2, 0.25) is 29.5 Å². The Hall–Kier alpha value is -7.32. The maximum absolute atomic E-state index is 15.4. The minimum atomic E-state index is -2.03. The highest BCUT2D eigenvalue weighted by atomic mass is 19.1. The number of aromatic nitrogens is 2. The third-order valence-corrected chi connectivity index (χ3v) is 15.1. The Kier molecular flexibility index (Phi) is 17.1. The molecule has 19 nitrogen and oxygen atoms in total. The van der Waals surface area contributed by atoms with Gasteiger partial charge in [0.1, 0.15) is 25.8 Å². The van der Waals surface area contributed by atoms with Crippen molar-refractivity contribution in [2.45, 2.75) is 141 Å². The summed E-state index contributed by atoms with van der Waals surface area (Å²) in [5.41, 5.74) is 2.41. The Labute approximate surface area is 437 Å². The number of nitrogens with one attached hydrogen (secondary N) is 3. The van der Waals surface area contributed by atoms with Crippen molar-refractivity contribution in [2.24, 2.45) is 5.92 Å². The summed E-state index contributed by atoms with van der Waals surface area (Å²) in [7, 11) is 0. The molecule has 0 saturated carbocycles. The summed E-state index contributed by atoms with van der Waals surface area (Å²) in [6.07, 6.45) is 2.26. The van der Waals surface area contributed by atoms with E-state index in [9.17, 15) is 53.1 Å². The van der Waals surface area contributed by atoms with E-state index in [1.807, 2.05) is 0 Å². The fraction of sp³-hybridized carbons (Fsp3) is 0.482. The van der Waals surface area contributed by atoms with Gasteiger partial charge < -0.3 is 35.1 Å². The highest BCUT2D eigenvalue weighted by Gasteiger charge is 2.46. The molecule has 0 bridgehead atoms. The van der Waals surface area contributed by atoms with Crippen molar-refractivity contribution in [3.05, 3.63) is 97.6 Å². The summed E-state index contributed by atoms with van der Waals surface area (Å²) in [5.74, 6) is -4.83. The van der Waals surface area contributed by atoms with Crippen molar-refractivity contribution < 1.29 is 62.1 Å². The van der Waals surface area contributed by atoms with Gasteiger partial charge in [0.25, 0.3) is 5.56 Å². The second-order valence-electron chi connectivity index (χ2n) is 20.3. The van der Waals surface area contributed by atoms with Crippen LogP contribution in [-0.4, -0.2) is 105 Å². The van der Waals surface area contributed by atoms with Gasteiger partial charge in [-0.1, -0.05) is 50.6 Å². The number of esters is 1. The highest BCUT2D eigenvalue weighted by Crippen LogP contribution is 2.47. The minimum absolute atomic E-state index is 0.0276. The molecule has 402 valence electrons. The molecule has 0 spiro atoms. The van der Waals surface area contributed by atoms with Crippen LogP contribution in [0.1, 0.15) is 136 Å². The first-order valence-corrected chi connectivity index (χ1v) is 26.0. The lowest BCUT2D eigenvalue weighted by molar-refractivity contribution is -0.172. The SMILES string of the molecule is CC[C@@]1(O)C(=O)OCc2c1cc1n(c2=O)Cc2c-1nc1cc(F)c(C)c3c1c2[C@@H](CC(=O)COCNC(=O)CCC(=O)[C@H](Cc1ccccc1)NC(=O)CCC(=O)CNC(=O)CCCCCN1C(=O)CC(C)C1=O)CC3. The summed E-state index contributed by atoms with van der Waals surface area (Å²) < 4.78 is 27.7. The first-order chi connectivity index (χ1) is 36.4. The van der Waals surface area contributed by atoms with Crippen molar-refractivity contribution in [3.8, 4) is 11.4 Å². The molecule has 4 aromatic rings. The van der Waals surface area contributed by atoms with Crippen LogP contribution < -0.4 is 21.5 Å². The predicted octanol–water partition coefficient (Wildman–Crippen LogP) is 4.10. The molecule has 2 aromatic carbocycles. The molecule has 76 heavy (non-hydrogen) atoms. The number of rotatable bonds is 25. The summed E-state index contributed by atoms with van der Waals surface area (Å²) >= 11 is 0. The number of likely N-dealkylation sites (tertiary alicyclic amines) is 1. The van der Waals surface area contributed by atoms with Crippen LogP contribution in [0.5, 0.6) is 0 Å². The molecule has 4 aliphatic rings. The number of amides is 5. The van der Waals surface area contributed by atoms with Crippen molar-refractivity contribution >= 4 is 63.8 Å². The normalized spacial score (nSPS) is 18.6. The number of ketones is 3. The van der Waals surface area contributed by atoms with Crippen LogP contribution >= 0.6 is 0 Å². The van der Waals surface area contributed by atoms with E-state index in [0.29, 0.717) is 66.7 Å². The maximum atomic E-state index is 15.4. The zero-order valence-electron chi connectivity index (χ0n) is 43.0. The molecule has 1 saturated heterocycles. The fourth-order valence-corrected chi connectivity index (χ4v) is 10.8. The van der Waals surface area contributed by atoms with Gasteiger partial charge in [-0.05, 0) is 79.7 Å². The van der Waals surface area contributed by atoms with E-state index in [1.165, 1.54) is 15.5 Å². The zero-order valence-corrected chi connectivity index (χ0v) is 43.0. The number of halogens is 1. The second kappa shape index (κ2) is 23.7. The summed E-state index contributed by atoms with van der Waals surface area (Å²) in [6, 6.07) is 10.9. The Balaban J connectivity index is 0.800. The van der Waals surface area contributed by atoms with E-state index in [-0.39, 0.29) is 143 Å². The lowest BCUT2D eigenvalue weighted by Gasteiger charge is -2.31. The molecular formula is C56H63FN6O13. The zero-order chi connectivity index (χ0) is 54.4. The summed E-state index contributed by atoms with van der Waals surface area (Å²) in [5, 5.41) is 19.9. The average molecular weight is 1050 g/mol. The van der Waals surface area contributed by atoms with Gasteiger partial charge in [-0.15, -0.1) is 0 Å². The first-order valence-electron chi connectivity index (χ1n) is 26.0. The number of ether oxygens (including phenoxy) is 2. The number of unbranched alkanes of at least 4 members (excludes halogenated alkanes) is 2. The van der Waals surface area contributed by atoms with Gasteiger partial charge >= 0.3 is 5.97 Å². The van der Waals surface area contributed by atoms with E-state index < -0.39 is 46.6 Å². The number of Topliss-reactive ketones (excluding diaryl/α,β-unsaturated/α-hetero) is 3. The van der Waals surface area contributed by atoms with Crippen molar-refractivity contribution in [1.82, 2.24) is 30.4 Å². The number of fused-ring (bicyclic) bond motifs is 5. The number of hydrogen-bond acceptors (Lipinski definition) is 14. The Bertz CT molecular complexity index is 3080. The first kappa shape index (κ1) is 54.9. The quantitative estimate of drug-likeness (QED) is 0.0278. The number of imide groups is 1. The molecule has 4 atom stereocenters. The Morgan fingerprint density at radius 3 is 2.39 bits per heavy atom. The average Bonchev–Trinajstić information content (AvgIpc) is 3.97. The van der Waals surface area contributed by atoms with E-state index in [0.717, 1.165) is 22.1 Å². The van der Waals surface area contributed by atoms with Crippen LogP contribution in [0, 0.1) is 18.7 Å². The monoisotopic (exact) mass is 1050 g/mol. The molecule has 2 aromatic heterocycles. The number of cyclic esters (lactones) is 1. The molecule has 8 rings (SSSR count). The number of pyridine rings is 2. The van der Waals surface area contributed by atoms with Crippen molar-refractivity contribution in [1.29, 1.82) is 0 Å². The lowest BCUT2D eigenvalue weighted by atomic mass is 9.76. The second-order valence-corrected chi connectivity index (χ2v) is 20.3. The topological polar surface area (TPSA) is 267 Å². The maximum Gasteiger partial charge on any atom is 0.343 e. The standard InChI is InChI=1S/C56H63FN6O13/c1-4-56(74)40-24-44-52-38(27-63(44)54(72)39(40)29-76-55(56)73)50-34(14-16-37-32(3)41(57)25-43(61-52)51(37)50)23-36(65)28-75-30-59-47(68)19-17-45(66)42(22-33-11-7-5-8-12-33)60-48(69)18-15-35(64)26-58-46(67)13-9-6-10-20-62-49(70)21-31(2)53(62)71/h5,7-8,11-12,24-25,31,34,42,74H,4,6,9-10,13-23,26-30H2,1-3H3,(H,58,67)(H,59,68)(H,60,69)/t31?,34-,42+,56+/m1/s1. The number of carbonyl (C=O) groups is 9. The van der Waals surface area contributed by atoms with E-state index in [4.69, 9.17) is 14.5 Å². The van der Waals surface area contributed by atoms with Gasteiger partial charge in [-0.2, -0.15) is 0 Å². The molecule has 0 radical (unpaired) electrons. The van der Waals surface area contributed by atoms with Gasteiger partial charge in [-0.25, -0.2) is 14.2 Å². The van der Waals surface area contributed by atoms with Crippen molar-refractivity contribution in [2.75, 3.05) is 26.4 Å². The molecule has 1 fully saturated rings. The molecule has 5 amide bonds. The number of carbonyl (C=O) groups excluding carboxylic acids is 9. The lowest BCUT2D eigenvalue weighted by Crippen LogP contribution is -2.44. The van der Waals surface area contributed by atoms with Crippen LogP contribution in [0.25, 0.3) is 22.3 Å². The van der Waals surface area contributed by atoms with Gasteiger partial charge in [0.15, 0.2) is 23.0 Å². The predicted molar refractivity (Wildman–Crippen MR) is 271 cm³/mol. The van der Waals surface area contributed by atoms with Crippen molar-refractivity contribution in [3.63, 3.8) is 0 Å². The van der Waals surface area contributed by atoms with E-state index >= 15 is 4.39 Å². The van der Waals surface area contributed by atoms with E-state index in [1.54, 1.807) is 57.2 Å². The summed E-state index contributed by atoms with van der Waals surface area (Å²) in [6.45, 7) is 4.19. The fourth-order valence-electron chi connectivity index (χ4n) is 10.8. The molecule has 4 N–H and O–H groups in total. The molecule has 20 heteroatoms. The van der Waals surface area contributed by atoms with Gasteiger partial charge in [0, 0.05) is 80.0 Å².